The van der Waals surface area contributed by atoms with Crippen molar-refractivity contribution in [3.05, 3.63) is 0 Å². The summed E-state index contributed by atoms with van der Waals surface area (Å²) in [6, 6.07) is 2.49. The van der Waals surface area contributed by atoms with Gasteiger partial charge in [-0.05, 0) is 20.3 Å². The van der Waals surface area contributed by atoms with Gasteiger partial charge in [-0.2, -0.15) is 0 Å². The molecule has 11 heavy (non-hydrogen) atoms. The Bertz CT molecular complexity index is 190. The van der Waals surface area contributed by atoms with Gasteiger partial charge in [-0.25, -0.2) is 9.69 Å². The summed E-state index contributed by atoms with van der Waals surface area (Å²) in [6.45, 7) is 5.38. The van der Waals surface area contributed by atoms with E-state index in [0.717, 1.165) is 11.3 Å². The molecule has 0 saturated heterocycles. The molecule has 0 aliphatic heterocycles. The molecule has 62 valence electrons. The smallest absolute Gasteiger partial charge is 0.419 e. The van der Waals surface area contributed by atoms with Crippen molar-refractivity contribution >= 4 is 6.09 Å². The van der Waals surface area contributed by atoms with Crippen LogP contribution in [-0.4, -0.2) is 22.1 Å². The largest absolute Gasteiger partial charge is 0.464 e. The number of hydrogen-bond donors (Lipinski definition) is 1. The van der Waals surface area contributed by atoms with Crippen molar-refractivity contribution in [1.82, 2.24) is 4.90 Å². The molecule has 0 rings (SSSR count). The lowest BCUT2D eigenvalue weighted by Gasteiger charge is -2.17. The molecule has 0 spiro atoms. The Hall–Kier alpha value is -1.17. The third kappa shape index (κ3) is 2.94. The summed E-state index contributed by atoms with van der Waals surface area (Å²) >= 11 is 0. The Morgan fingerprint density at radius 3 is 2.55 bits per heavy atom. The Balaban J connectivity index is 4.29. The maximum absolute atomic E-state index is 10.5. The van der Waals surface area contributed by atoms with Gasteiger partial charge in [-0.3, -0.25) is 0 Å². The van der Waals surface area contributed by atoms with Crippen LogP contribution in [0.15, 0.2) is 0 Å². The second kappa shape index (κ2) is 4.62. The van der Waals surface area contributed by atoms with Gasteiger partial charge in [0.05, 0.1) is 0 Å². The fourth-order valence-corrected chi connectivity index (χ4v) is 0.650. The van der Waals surface area contributed by atoms with Crippen LogP contribution in [-0.2, 0) is 0 Å². The average molecular weight is 155 g/mol. The van der Waals surface area contributed by atoms with Gasteiger partial charge in [0.2, 0.25) is 0 Å². The molecule has 1 amide bonds. The molecule has 0 fully saturated rings. The van der Waals surface area contributed by atoms with Crippen molar-refractivity contribution in [3.63, 3.8) is 0 Å². The minimum atomic E-state index is -0.978. The van der Waals surface area contributed by atoms with Crippen molar-refractivity contribution < 1.29 is 9.90 Å². The van der Waals surface area contributed by atoms with Crippen LogP contribution in [0.3, 0.4) is 0 Å². The Labute approximate surface area is 67.0 Å². The van der Waals surface area contributed by atoms with Crippen molar-refractivity contribution in [1.29, 1.82) is 0 Å². The first kappa shape index (κ1) is 9.83. The number of carbonyl (C=O) groups is 1. The summed E-state index contributed by atoms with van der Waals surface area (Å²) in [5, 5.41) is 8.63. The SMILES string of the molecule is CC#CN(C(=O)O)C(C)CC. The van der Waals surface area contributed by atoms with Crippen LogP contribution in [0, 0.1) is 12.0 Å². The van der Waals surface area contributed by atoms with Crippen LogP contribution < -0.4 is 0 Å². The molecule has 1 atom stereocenters. The van der Waals surface area contributed by atoms with Crippen molar-refractivity contribution in [2.45, 2.75) is 33.2 Å². The van der Waals surface area contributed by atoms with Gasteiger partial charge >= 0.3 is 6.09 Å². The topological polar surface area (TPSA) is 40.5 Å². The van der Waals surface area contributed by atoms with Gasteiger partial charge in [0, 0.05) is 12.1 Å². The molecule has 0 aliphatic carbocycles. The highest BCUT2D eigenvalue weighted by Crippen LogP contribution is 2.01. The standard InChI is InChI=1S/C8H13NO2/c1-4-6-9(8(10)11)7(3)5-2/h7H,5H2,1-3H3,(H,10,11). The van der Waals surface area contributed by atoms with E-state index in [9.17, 15) is 4.79 Å². The molecule has 3 nitrogen and oxygen atoms in total. The van der Waals surface area contributed by atoms with Gasteiger partial charge in [0.15, 0.2) is 0 Å². The molecule has 0 bridgehead atoms. The summed E-state index contributed by atoms with van der Waals surface area (Å²) in [4.78, 5) is 11.6. The van der Waals surface area contributed by atoms with Crippen molar-refractivity contribution in [2.75, 3.05) is 0 Å². The summed E-state index contributed by atoms with van der Waals surface area (Å²) in [5.74, 6) is 2.56. The van der Waals surface area contributed by atoms with E-state index in [1.165, 1.54) is 0 Å². The molecule has 0 aromatic heterocycles. The minimum Gasteiger partial charge on any atom is -0.464 e. The zero-order valence-electron chi connectivity index (χ0n) is 7.09. The first-order valence-electron chi connectivity index (χ1n) is 3.58. The first-order chi connectivity index (χ1) is 5.13. The summed E-state index contributed by atoms with van der Waals surface area (Å²) in [6.07, 6.45) is -0.199. The number of rotatable bonds is 2. The van der Waals surface area contributed by atoms with Gasteiger partial charge in [0.25, 0.3) is 0 Å². The molecule has 0 heterocycles. The lowest BCUT2D eigenvalue weighted by molar-refractivity contribution is 0.154. The Kier molecular flexibility index (Phi) is 4.12. The molecule has 0 aromatic carbocycles. The van der Waals surface area contributed by atoms with E-state index >= 15 is 0 Å². The molecule has 0 aromatic rings. The van der Waals surface area contributed by atoms with E-state index in [2.05, 4.69) is 12.0 Å². The maximum Gasteiger partial charge on any atom is 0.419 e. The van der Waals surface area contributed by atoms with Crippen molar-refractivity contribution in [2.24, 2.45) is 0 Å². The molecular formula is C8H13NO2. The zero-order chi connectivity index (χ0) is 8.85. The number of carboxylic acid groups (broad SMARTS) is 1. The molecular weight excluding hydrogens is 142 g/mol. The van der Waals surface area contributed by atoms with Crippen LogP contribution in [0.2, 0.25) is 0 Å². The van der Waals surface area contributed by atoms with Gasteiger partial charge in [-0.1, -0.05) is 12.8 Å². The highest BCUT2D eigenvalue weighted by molar-refractivity contribution is 5.67. The third-order valence-electron chi connectivity index (χ3n) is 1.47. The highest BCUT2D eigenvalue weighted by atomic mass is 16.4. The molecule has 1 unspecified atom stereocenters. The van der Waals surface area contributed by atoms with E-state index in [-0.39, 0.29) is 6.04 Å². The second-order valence-corrected chi connectivity index (χ2v) is 2.27. The number of hydrogen-bond acceptors (Lipinski definition) is 1. The number of nitrogens with zero attached hydrogens (tertiary/aromatic N) is 1. The fourth-order valence-electron chi connectivity index (χ4n) is 0.650. The van der Waals surface area contributed by atoms with Gasteiger partial charge in [0.1, 0.15) is 0 Å². The van der Waals surface area contributed by atoms with Crippen LogP contribution in [0.25, 0.3) is 0 Å². The van der Waals surface area contributed by atoms with E-state index in [1.807, 2.05) is 13.8 Å². The van der Waals surface area contributed by atoms with E-state index in [0.29, 0.717) is 0 Å². The van der Waals surface area contributed by atoms with Crippen LogP contribution in [0.5, 0.6) is 0 Å². The fraction of sp³-hybridized carbons (Fsp3) is 0.625. The van der Waals surface area contributed by atoms with Crippen LogP contribution in [0.1, 0.15) is 27.2 Å². The zero-order valence-corrected chi connectivity index (χ0v) is 7.09. The monoisotopic (exact) mass is 155 g/mol. The lowest BCUT2D eigenvalue weighted by atomic mass is 10.2. The summed E-state index contributed by atoms with van der Waals surface area (Å²) in [5.41, 5.74) is 0. The average Bonchev–Trinajstić information content (AvgIpc) is 1.98. The van der Waals surface area contributed by atoms with E-state index in [4.69, 9.17) is 5.11 Å². The second-order valence-electron chi connectivity index (χ2n) is 2.27. The summed E-state index contributed by atoms with van der Waals surface area (Å²) in [7, 11) is 0. The predicted octanol–water partition coefficient (Wildman–Crippen LogP) is 1.75. The lowest BCUT2D eigenvalue weighted by Crippen LogP contribution is -2.32. The van der Waals surface area contributed by atoms with Crippen molar-refractivity contribution in [3.8, 4) is 12.0 Å². The first-order valence-corrected chi connectivity index (χ1v) is 3.58. The molecule has 3 heteroatoms. The maximum atomic E-state index is 10.5. The normalized spacial score (nSPS) is 11.2. The van der Waals surface area contributed by atoms with E-state index in [1.54, 1.807) is 6.92 Å². The molecule has 1 N–H and O–H groups in total. The minimum absolute atomic E-state index is 0.0278. The molecule has 0 saturated carbocycles. The summed E-state index contributed by atoms with van der Waals surface area (Å²) < 4.78 is 0. The Morgan fingerprint density at radius 1 is 1.73 bits per heavy atom. The Morgan fingerprint density at radius 2 is 2.27 bits per heavy atom. The molecule has 0 aliphatic rings. The highest BCUT2D eigenvalue weighted by Gasteiger charge is 2.14. The van der Waals surface area contributed by atoms with Gasteiger partial charge < -0.3 is 5.11 Å². The quantitative estimate of drug-likeness (QED) is 0.487. The van der Waals surface area contributed by atoms with E-state index < -0.39 is 6.09 Å². The predicted molar refractivity (Wildman–Crippen MR) is 43.1 cm³/mol. The number of amides is 1. The van der Waals surface area contributed by atoms with Crippen LogP contribution >= 0.6 is 0 Å². The third-order valence-corrected chi connectivity index (χ3v) is 1.47. The van der Waals surface area contributed by atoms with Crippen LogP contribution in [0.4, 0.5) is 4.79 Å². The molecule has 0 radical (unpaired) electrons. The van der Waals surface area contributed by atoms with Gasteiger partial charge in [-0.15, -0.1) is 0 Å².